The minimum absolute atomic E-state index is 0.0795. The Hall–Kier alpha value is -1.65. The summed E-state index contributed by atoms with van der Waals surface area (Å²) in [6, 6.07) is -0.647. The first-order chi connectivity index (χ1) is 26.7. The Kier molecular flexibility index (Phi) is 44.3. The first-order valence-electron chi connectivity index (χ1n) is 23.9. The summed E-state index contributed by atoms with van der Waals surface area (Å²) < 4.78 is 0. The smallest absolute Gasteiger partial charge is 0.220 e. The lowest BCUT2D eigenvalue weighted by Gasteiger charge is -2.19. The molecule has 0 aromatic rings. The number of aliphatic hydroxyl groups is 2. The van der Waals surface area contributed by atoms with Crippen molar-refractivity contribution >= 4 is 5.91 Å². The van der Waals surface area contributed by atoms with Crippen molar-refractivity contribution in [3.05, 3.63) is 48.6 Å². The molecular weight excluding hydrogens is 663 g/mol. The van der Waals surface area contributed by atoms with E-state index in [-0.39, 0.29) is 12.5 Å². The molecule has 3 N–H and O–H groups in total. The number of carbonyl (C=O) groups is 1. The van der Waals surface area contributed by atoms with E-state index in [2.05, 4.69) is 55.6 Å². The molecule has 4 heteroatoms. The van der Waals surface area contributed by atoms with E-state index in [1.165, 1.54) is 186 Å². The van der Waals surface area contributed by atoms with Gasteiger partial charge in [-0.25, -0.2) is 0 Å². The number of allylic oxidation sites excluding steroid dienone is 7. The number of hydrogen-bond acceptors (Lipinski definition) is 3. The van der Waals surface area contributed by atoms with E-state index >= 15 is 0 Å². The number of rotatable bonds is 43. The summed E-state index contributed by atoms with van der Waals surface area (Å²) >= 11 is 0. The number of unbranched alkanes of at least 4 members (excludes halogenated alkanes) is 30. The van der Waals surface area contributed by atoms with Crippen LogP contribution < -0.4 is 5.32 Å². The molecule has 2 unspecified atom stereocenters. The molecule has 0 spiro atoms. The van der Waals surface area contributed by atoms with E-state index in [1.807, 2.05) is 6.08 Å². The Morgan fingerprint density at radius 1 is 0.426 bits per heavy atom. The van der Waals surface area contributed by atoms with Crippen LogP contribution in [0.25, 0.3) is 0 Å². The summed E-state index contributed by atoms with van der Waals surface area (Å²) in [6.07, 6.45) is 62.3. The van der Waals surface area contributed by atoms with Crippen LogP contribution in [0.1, 0.15) is 245 Å². The topological polar surface area (TPSA) is 69.6 Å². The third-order valence-electron chi connectivity index (χ3n) is 10.8. The minimum atomic E-state index is -0.871. The summed E-state index contributed by atoms with van der Waals surface area (Å²) in [7, 11) is 0. The zero-order valence-electron chi connectivity index (χ0n) is 36.2. The fourth-order valence-corrected chi connectivity index (χ4v) is 7.09. The predicted molar refractivity (Wildman–Crippen MR) is 239 cm³/mol. The number of carbonyl (C=O) groups excluding carboxylic acids is 1. The quantitative estimate of drug-likeness (QED) is 0.0429. The third kappa shape index (κ3) is 41.5. The summed E-state index contributed by atoms with van der Waals surface area (Å²) in [5.41, 5.74) is 0. The Morgan fingerprint density at radius 2 is 0.722 bits per heavy atom. The summed E-state index contributed by atoms with van der Waals surface area (Å²) in [5.74, 6) is -0.0795. The maximum absolute atomic E-state index is 12.4. The molecule has 0 bridgehead atoms. The van der Waals surface area contributed by atoms with Gasteiger partial charge in [-0.1, -0.05) is 217 Å². The Balaban J connectivity index is 3.62. The van der Waals surface area contributed by atoms with E-state index in [4.69, 9.17) is 0 Å². The molecule has 4 nitrogen and oxygen atoms in total. The number of nitrogens with one attached hydrogen (secondary N) is 1. The molecule has 0 heterocycles. The van der Waals surface area contributed by atoms with Crippen LogP contribution in [0.5, 0.6) is 0 Å². The molecule has 0 rings (SSSR count). The highest BCUT2D eigenvalue weighted by molar-refractivity contribution is 5.76. The molecule has 0 fully saturated rings. The van der Waals surface area contributed by atoms with Gasteiger partial charge in [-0.05, 0) is 70.6 Å². The van der Waals surface area contributed by atoms with Crippen LogP contribution in [0.2, 0.25) is 0 Å². The fraction of sp³-hybridized carbons (Fsp3) is 0.820. The Labute approximate surface area is 337 Å². The van der Waals surface area contributed by atoms with Crippen LogP contribution >= 0.6 is 0 Å². The van der Waals surface area contributed by atoms with Crippen LogP contribution in [-0.2, 0) is 4.79 Å². The first kappa shape index (κ1) is 52.3. The predicted octanol–water partition coefficient (Wildman–Crippen LogP) is 15.1. The van der Waals surface area contributed by atoms with Gasteiger partial charge in [-0.15, -0.1) is 0 Å². The molecule has 54 heavy (non-hydrogen) atoms. The minimum Gasteiger partial charge on any atom is -0.394 e. The largest absolute Gasteiger partial charge is 0.394 e. The molecule has 1 amide bonds. The van der Waals surface area contributed by atoms with Gasteiger partial charge in [0.1, 0.15) is 0 Å². The number of hydrogen-bond donors (Lipinski definition) is 3. The molecule has 0 aliphatic rings. The maximum atomic E-state index is 12.4. The standard InChI is InChI=1S/C50H93NO3/c1-3-5-7-9-11-13-15-17-19-21-23-25-27-29-31-33-35-37-39-41-43-45-49(53)48(47-52)51-50(54)46-44-42-40-38-36-34-32-30-28-26-24-22-20-18-16-14-12-10-8-6-4-2/h22,24,27,29,35,37,43,45,48-49,52-53H,3-21,23,25-26,28,30-34,36,38-42,44,46-47H2,1-2H3,(H,51,54)/b24-22-,29-27+,37-35+,45-43+. The van der Waals surface area contributed by atoms with E-state index in [0.29, 0.717) is 6.42 Å². The van der Waals surface area contributed by atoms with Crippen molar-refractivity contribution in [2.75, 3.05) is 6.61 Å². The van der Waals surface area contributed by atoms with Gasteiger partial charge >= 0.3 is 0 Å². The first-order valence-corrected chi connectivity index (χ1v) is 23.9. The third-order valence-corrected chi connectivity index (χ3v) is 10.8. The maximum Gasteiger partial charge on any atom is 0.220 e. The molecule has 316 valence electrons. The van der Waals surface area contributed by atoms with Crippen LogP contribution in [0.15, 0.2) is 48.6 Å². The zero-order chi connectivity index (χ0) is 39.3. The second-order valence-electron chi connectivity index (χ2n) is 16.2. The highest BCUT2D eigenvalue weighted by Crippen LogP contribution is 2.14. The molecule has 0 aliphatic heterocycles. The Morgan fingerprint density at radius 3 is 1.07 bits per heavy atom. The molecule has 0 aliphatic carbocycles. The summed E-state index contributed by atoms with van der Waals surface area (Å²) in [5, 5.41) is 23.0. The zero-order valence-corrected chi connectivity index (χ0v) is 36.2. The number of aliphatic hydroxyl groups excluding tert-OH is 2. The van der Waals surface area contributed by atoms with Crippen molar-refractivity contribution in [1.29, 1.82) is 0 Å². The summed E-state index contributed by atoms with van der Waals surface area (Å²) in [4.78, 5) is 12.4. The van der Waals surface area contributed by atoms with Gasteiger partial charge in [-0.3, -0.25) is 4.79 Å². The van der Waals surface area contributed by atoms with Gasteiger partial charge in [0.2, 0.25) is 5.91 Å². The number of amides is 1. The average Bonchev–Trinajstić information content (AvgIpc) is 3.18. The second-order valence-corrected chi connectivity index (χ2v) is 16.2. The lowest BCUT2D eigenvalue weighted by atomic mass is 10.0. The molecule has 0 saturated heterocycles. The molecule has 0 aromatic heterocycles. The van der Waals surface area contributed by atoms with Gasteiger partial charge in [0.25, 0.3) is 0 Å². The Bertz CT molecular complexity index is 862. The van der Waals surface area contributed by atoms with Crippen molar-refractivity contribution in [1.82, 2.24) is 5.32 Å². The second kappa shape index (κ2) is 45.7. The fourth-order valence-electron chi connectivity index (χ4n) is 7.09. The van der Waals surface area contributed by atoms with Gasteiger partial charge in [0.15, 0.2) is 0 Å². The molecule has 0 aromatic carbocycles. The lowest BCUT2D eigenvalue weighted by Crippen LogP contribution is -2.45. The van der Waals surface area contributed by atoms with Gasteiger partial charge in [0, 0.05) is 6.42 Å². The highest BCUT2D eigenvalue weighted by atomic mass is 16.3. The molecule has 0 saturated carbocycles. The molecule has 2 atom stereocenters. The van der Waals surface area contributed by atoms with Crippen molar-refractivity contribution in [3.63, 3.8) is 0 Å². The van der Waals surface area contributed by atoms with Crippen LogP contribution in [0.4, 0.5) is 0 Å². The van der Waals surface area contributed by atoms with Crippen LogP contribution in [0.3, 0.4) is 0 Å². The summed E-state index contributed by atoms with van der Waals surface area (Å²) in [6.45, 7) is 4.30. The van der Waals surface area contributed by atoms with E-state index < -0.39 is 12.1 Å². The van der Waals surface area contributed by atoms with E-state index in [0.717, 1.165) is 38.5 Å². The van der Waals surface area contributed by atoms with E-state index in [9.17, 15) is 15.0 Å². The van der Waals surface area contributed by atoms with Crippen molar-refractivity contribution in [3.8, 4) is 0 Å². The van der Waals surface area contributed by atoms with Crippen molar-refractivity contribution in [2.24, 2.45) is 0 Å². The van der Waals surface area contributed by atoms with Crippen LogP contribution in [-0.4, -0.2) is 34.9 Å². The van der Waals surface area contributed by atoms with Crippen molar-refractivity contribution < 1.29 is 15.0 Å². The van der Waals surface area contributed by atoms with Gasteiger partial charge in [-0.2, -0.15) is 0 Å². The monoisotopic (exact) mass is 756 g/mol. The SMILES string of the molecule is CCCCCCCCCC/C=C\CCCCCCCCCCCC(=O)NC(CO)C(O)/C=C/CC/C=C/CC/C=C/CCCCCCCCCCCCC. The average molecular weight is 756 g/mol. The normalized spacial score (nSPS) is 13.3. The van der Waals surface area contributed by atoms with E-state index in [1.54, 1.807) is 6.08 Å². The van der Waals surface area contributed by atoms with Gasteiger partial charge < -0.3 is 15.5 Å². The molecular formula is C50H93NO3. The molecule has 0 radical (unpaired) electrons. The van der Waals surface area contributed by atoms with Crippen LogP contribution in [0, 0.1) is 0 Å². The van der Waals surface area contributed by atoms with Gasteiger partial charge in [0.05, 0.1) is 18.8 Å². The van der Waals surface area contributed by atoms with Crippen molar-refractivity contribution in [2.45, 2.75) is 257 Å². The lowest BCUT2D eigenvalue weighted by molar-refractivity contribution is -0.123. The highest BCUT2D eigenvalue weighted by Gasteiger charge is 2.17.